The van der Waals surface area contributed by atoms with Crippen LogP contribution < -0.4 is 10.1 Å². The Balaban J connectivity index is 2.31. The number of nitrogens with one attached hydrogen (secondary N) is 1. The molecule has 92 valence electrons. The predicted molar refractivity (Wildman–Crippen MR) is 56.9 cm³/mol. The molecule has 1 aromatic rings. The van der Waals surface area contributed by atoms with E-state index in [1.165, 1.54) is 25.3 Å². The molecule has 0 aliphatic heterocycles. The first-order valence-corrected chi connectivity index (χ1v) is 4.83. The number of halogens is 1. The highest BCUT2D eigenvalue weighted by Crippen LogP contribution is 2.11. The molecule has 0 radical (unpaired) electrons. The summed E-state index contributed by atoms with van der Waals surface area (Å²) in [5.74, 6) is -1.24. The highest BCUT2D eigenvalue weighted by atomic mass is 19.1. The minimum absolute atomic E-state index is 0.220. The highest BCUT2D eigenvalue weighted by molar-refractivity contribution is 5.82. The van der Waals surface area contributed by atoms with E-state index in [1.807, 2.05) is 0 Å². The molecular formula is C11H12FNO4. The van der Waals surface area contributed by atoms with Gasteiger partial charge >= 0.3 is 5.97 Å². The molecule has 0 fully saturated rings. The van der Waals surface area contributed by atoms with Crippen LogP contribution in [0.2, 0.25) is 0 Å². The minimum atomic E-state index is -0.552. The maximum Gasteiger partial charge on any atom is 0.325 e. The van der Waals surface area contributed by atoms with E-state index >= 15 is 0 Å². The SMILES string of the molecule is COC(=O)CNC(=O)COc1cccc(F)c1. The number of amides is 1. The Labute approximate surface area is 97.5 Å². The van der Waals surface area contributed by atoms with E-state index < -0.39 is 17.7 Å². The van der Waals surface area contributed by atoms with E-state index in [9.17, 15) is 14.0 Å². The van der Waals surface area contributed by atoms with E-state index in [0.717, 1.165) is 6.07 Å². The lowest BCUT2D eigenvalue weighted by Crippen LogP contribution is -2.33. The quantitative estimate of drug-likeness (QED) is 0.762. The summed E-state index contributed by atoms with van der Waals surface area (Å²) in [6, 6.07) is 5.42. The number of hydrogen-bond donors (Lipinski definition) is 1. The molecule has 0 spiro atoms. The van der Waals surface area contributed by atoms with Gasteiger partial charge in [0.25, 0.3) is 5.91 Å². The predicted octanol–water partition coefficient (Wildman–Crippen LogP) is 0.494. The monoisotopic (exact) mass is 241 g/mol. The molecule has 1 amide bonds. The third-order valence-electron chi connectivity index (χ3n) is 1.82. The van der Waals surface area contributed by atoms with Crippen LogP contribution in [0.5, 0.6) is 5.75 Å². The first-order valence-electron chi connectivity index (χ1n) is 4.83. The van der Waals surface area contributed by atoms with Crippen LogP contribution in [0.25, 0.3) is 0 Å². The second-order valence-corrected chi connectivity index (χ2v) is 3.10. The third-order valence-corrected chi connectivity index (χ3v) is 1.82. The van der Waals surface area contributed by atoms with Gasteiger partial charge in [0.05, 0.1) is 7.11 Å². The number of esters is 1. The van der Waals surface area contributed by atoms with E-state index in [-0.39, 0.29) is 18.9 Å². The van der Waals surface area contributed by atoms with Crippen LogP contribution in [-0.4, -0.2) is 32.1 Å². The molecule has 0 aromatic heterocycles. The van der Waals surface area contributed by atoms with Crippen LogP contribution in [0.3, 0.4) is 0 Å². The molecule has 17 heavy (non-hydrogen) atoms. The summed E-state index contributed by atoms with van der Waals surface area (Å²) in [5, 5.41) is 2.29. The molecule has 0 heterocycles. The summed E-state index contributed by atoms with van der Waals surface area (Å²) in [6.45, 7) is -0.512. The van der Waals surface area contributed by atoms with Gasteiger partial charge in [-0.05, 0) is 12.1 Å². The van der Waals surface area contributed by atoms with Crippen molar-refractivity contribution in [3.05, 3.63) is 30.1 Å². The number of methoxy groups -OCH3 is 1. The van der Waals surface area contributed by atoms with Crippen LogP contribution in [0.15, 0.2) is 24.3 Å². The van der Waals surface area contributed by atoms with Gasteiger partial charge in [-0.15, -0.1) is 0 Å². The van der Waals surface area contributed by atoms with Gasteiger partial charge in [-0.1, -0.05) is 6.07 Å². The molecular weight excluding hydrogens is 229 g/mol. The Morgan fingerprint density at radius 2 is 2.18 bits per heavy atom. The molecule has 0 aliphatic rings. The minimum Gasteiger partial charge on any atom is -0.484 e. The lowest BCUT2D eigenvalue weighted by molar-refractivity contribution is -0.141. The number of rotatable bonds is 5. The summed E-state index contributed by atoms with van der Waals surface area (Å²) >= 11 is 0. The first kappa shape index (κ1) is 13.0. The van der Waals surface area contributed by atoms with Gasteiger partial charge in [-0.25, -0.2) is 4.39 Å². The van der Waals surface area contributed by atoms with E-state index in [1.54, 1.807) is 0 Å². The zero-order valence-corrected chi connectivity index (χ0v) is 9.23. The van der Waals surface area contributed by atoms with Gasteiger partial charge in [0, 0.05) is 6.07 Å². The molecule has 1 N–H and O–H groups in total. The Morgan fingerprint density at radius 1 is 1.41 bits per heavy atom. The zero-order chi connectivity index (χ0) is 12.7. The van der Waals surface area contributed by atoms with Crippen LogP contribution in [0, 0.1) is 5.82 Å². The van der Waals surface area contributed by atoms with Gasteiger partial charge in [0.2, 0.25) is 0 Å². The Kier molecular flexibility index (Phi) is 4.93. The molecule has 5 nitrogen and oxygen atoms in total. The van der Waals surface area contributed by atoms with Crippen molar-refractivity contribution in [2.24, 2.45) is 0 Å². The van der Waals surface area contributed by atoms with E-state index in [4.69, 9.17) is 4.74 Å². The summed E-state index contributed by atoms with van der Waals surface area (Å²) in [5.41, 5.74) is 0. The fourth-order valence-electron chi connectivity index (χ4n) is 1.000. The van der Waals surface area contributed by atoms with Crippen molar-refractivity contribution in [3.8, 4) is 5.75 Å². The van der Waals surface area contributed by atoms with Gasteiger partial charge < -0.3 is 14.8 Å². The van der Waals surface area contributed by atoms with Crippen LogP contribution >= 0.6 is 0 Å². The lowest BCUT2D eigenvalue weighted by atomic mass is 10.3. The maximum absolute atomic E-state index is 12.7. The van der Waals surface area contributed by atoms with E-state index in [0.29, 0.717) is 0 Å². The second-order valence-electron chi connectivity index (χ2n) is 3.10. The molecule has 0 bridgehead atoms. The number of hydrogen-bond acceptors (Lipinski definition) is 4. The topological polar surface area (TPSA) is 64.6 Å². The molecule has 1 rings (SSSR count). The van der Waals surface area contributed by atoms with Gasteiger partial charge in [-0.3, -0.25) is 9.59 Å². The van der Waals surface area contributed by atoms with Crippen molar-refractivity contribution in [2.75, 3.05) is 20.3 Å². The second kappa shape index (κ2) is 6.47. The molecule has 0 saturated carbocycles. The van der Waals surface area contributed by atoms with Crippen molar-refractivity contribution in [2.45, 2.75) is 0 Å². The van der Waals surface area contributed by atoms with Crippen molar-refractivity contribution < 1.29 is 23.5 Å². The maximum atomic E-state index is 12.7. The van der Waals surface area contributed by atoms with Gasteiger partial charge in [-0.2, -0.15) is 0 Å². The fourth-order valence-corrected chi connectivity index (χ4v) is 1.000. The summed E-state index contributed by atoms with van der Waals surface area (Å²) in [6.07, 6.45) is 0. The fraction of sp³-hybridized carbons (Fsp3) is 0.273. The molecule has 0 unspecified atom stereocenters. The summed E-state index contributed by atoms with van der Waals surface area (Å²) < 4.78 is 22.1. The molecule has 0 saturated heterocycles. The molecule has 1 aromatic carbocycles. The van der Waals surface area contributed by atoms with Gasteiger partial charge in [0.1, 0.15) is 18.1 Å². The number of benzene rings is 1. The van der Waals surface area contributed by atoms with Crippen molar-refractivity contribution in [3.63, 3.8) is 0 Å². The average molecular weight is 241 g/mol. The van der Waals surface area contributed by atoms with Crippen LogP contribution in [-0.2, 0) is 14.3 Å². The van der Waals surface area contributed by atoms with Gasteiger partial charge in [0.15, 0.2) is 6.61 Å². The highest BCUT2D eigenvalue weighted by Gasteiger charge is 2.06. The van der Waals surface area contributed by atoms with Crippen molar-refractivity contribution in [1.82, 2.24) is 5.32 Å². The molecule has 0 aliphatic carbocycles. The lowest BCUT2D eigenvalue weighted by Gasteiger charge is -2.06. The average Bonchev–Trinajstić information content (AvgIpc) is 2.33. The Hall–Kier alpha value is -2.11. The number of carbonyl (C=O) groups is 2. The first-order chi connectivity index (χ1) is 8.11. The number of ether oxygens (including phenoxy) is 2. The number of carbonyl (C=O) groups excluding carboxylic acids is 2. The standard InChI is InChI=1S/C11H12FNO4/c1-16-11(15)6-13-10(14)7-17-9-4-2-3-8(12)5-9/h2-5H,6-7H2,1H3,(H,13,14). The molecule has 0 atom stereocenters. The third kappa shape index (κ3) is 4.96. The normalized spacial score (nSPS) is 9.53. The Morgan fingerprint density at radius 3 is 2.82 bits per heavy atom. The van der Waals surface area contributed by atoms with Crippen LogP contribution in [0.1, 0.15) is 0 Å². The van der Waals surface area contributed by atoms with E-state index in [2.05, 4.69) is 10.1 Å². The smallest absolute Gasteiger partial charge is 0.325 e. The van der Waals surface area contributed by atoms with Crippen molar-refractivity contribution in [1.29, 1.82) is 0 Å². The summed E-state index contributed by atoms with van der Waals surface area (Å²) in [4.78, 5) is 21.9. The molecule has 6 heteroatoms. The van der Waals surface area contributed by atoms with Crippen LogP contribution in [0.4, 0.5) is 4.39 Å². The summed E-state index contributed by atoms with van der Waals surface area (Å²) in [7, 11) is 1.22. The van der Waals surface area contributed by atoms with Crippen molar-refractivity contribution >= 4 is 11.9 Å². The largest absolute Gasteiger partial charge is 0.484 e. The zero-order valence-electron chi connectivity index (χ0n) is 9.23. The Bertz CT molecular complexity index is 408.